The van der Waals surface area contributed by atoms with Crippen molar-refractivity contribution in [3.05, 3.63) is 101 Å². The second-order valence-electron chi connectivity index (χ2n) is 6.81. The Bertz CT molecular complexity index is 887. The van der Waals surface area contributed by atoms with Gasteiger partial charge in [0.25, 0.3) is 0 Å². The molecule has 0 aliphatic heterocycles. The summed E-state index contributed by atoms with van der Waals surface area (Å²) in [7, 11) is 0. The Morgan fingerprint density at radius 3 is 2.31 bits per heavy atom. The first-order chi connectivity index (χ1) is 12.8. The zero-order valence-electron chi connectivity index (χ0n) is 14.7. The zero-order chi connectivity index (χ0) is 17.8. The summed E-state index contributed by atoms with van der Waals surface area (Å²) in [5, 5.41) is -0.112. The summed E-state index contributed by atoms with van der Waals surface area (Å²) in [6.45, 7) is 0. The van der Waals surface area contributed by atoms with Crippen LogP contribution in [0.1, 0.15) is 33.5 Å². The fourth-order valence-electron chi connectivity index (χ4n) is 3.59. The first-order valence-electron chi connectivity index (χ1n) is 9.21. The van der Waals surface area contributed by atoms with Crippen molar-refractivity contribution in [1.82, 2.24) is 0 Å². The smallest absolute Gasteiger partial charge is 0.176 e. The molecule has 0 saturated carbocycles. The molecular formula is C24H22OS. The summed E-state index contributed by atoms with van der Waals surface area (Å²) in [6, 6.07) is 26.7. The quantitative estimate of drug-likeness (QED) is 0.411. The number of ketones is 1. The van der Waals surface area contributed by atoms with Crippen molar-refractivity contribution in [1.29, 1.82) is 0 Å². The van der Waals surface area contributed by atoms with Crippen molar-refractivity contribution < 1.29 is 4.79 Å². The molecule has 1 nitrogen and oxygen atoms in total. The van der Waals surface area contributed by atoms with E-state index in [0.717, 1.165) is 12.0 Å². The second-order valence-corrected chi connectivity index (χ2v) is 8.09. The summed E-state index contributed by atoms with van der Waals surface area (Å²) in [5.74, 6) is 0.208. The molecule has 2 heteroatoms. The van der Waals surface area contributed by atoms with Gasteiger partial charge in [-0.25, -0.2) is 0 Å². The van der Waals surface area contributed by atoms with Gasteiger partial charge in [-0.15, -0.1) is 11.8 Å². The minimum absolute atomic E-state index is 0.112. The number of hydrogen-bond donors (Lipinski definition) is 0. The van der Waals surface area contributed by atoms with E-state index >= 15 is 0 Å². The molecule has 0 bridgehead atoms. The van der Waals surface area contributed by atoms with E-state index < -0.39 is 0 Å². The molecule has 1 aliphatic carbocycles. The highest BCUT2D eigenvalue weighted by atomic mass is 32.2. The maximum atomic E-state index is 13.2. The lowest BCUT2D eigenvalue weighted by atomic mass is 10.0. The number of Topliss-reactive ketones (excluding diaryl/α,β-unsaturated/α-hetero) is 1. The van der Waals surface area contributed by atoms with Crippen LogP contribution in [0.2, 0.25) is 0 Å². The molecule has 4 rings (SSSR count). The Hall–Kier alpha value is -2.32. The first-order valence-corrected chi connectivity index (χ1v) is 10.1. The summed E-state index contributed by atoms with van der Waals surface area (Å²) in [6.07, 6.45) is 4.35. The SMILES string of the molecule is O=C(c1ccccc1)C(Cc1ccccc1)Sc1ccc2c(c1)CCC2. The highest BCUT2D eigenvalue weighted by Crippen LogP contribution is 2.32. The van der Waals surface area contributed by atoms with Crippen LogP contribution in [0.5, 0.6) is 0 Å². The molecule has 0 radical (unpaired) electrons. The maximum absolute atomic E-state index is 13.2. The average Bonchev–Trinajstić information content (AvgIpc) is 3.16. The van der Waals surface area contributed by atoms with E-state index in [4.69, 9.17) is 0 Å². The van der Waals surface area contributed by atoms with Gasteiger partial charge in [-0.2, -0.15) is 0 Å². The molecule has 0 amide bonds. The maximum Gasteiger partial charge on any atom is 0.176 e. The molecule has 3 aromatic carbocycles. The van der Waals surface area contributed by atoms with Crippen molar-refractivity contribution in [3.63, 3.8) is 0 Å². The van der Waals surface area contributed by atoms with Gasteiger partial charge in [-0.1, -0.05) is 66.7 Å². The predicted octanol–water partition coefficient (Wildman–Crippen LogP) is 5.76. The molecule has 0 heterocycles. The molecule has 1 atom stereocenters. The molecule has 0 fully saturated rings. The number of carbonyl (C=O) groups excluding carboxylic acids is 1. The highest BCUT2D eigenvalue weighted by Gasteiger charge is 2.22. The van der Waals surface area contributed by atoms with Crippen LogP contribution in [0.3, 0.4) is 0 Å². The van der Waals surface area contributed by atoms with E-state index in [0.29, 0.717) is 0 Å². The van der Waals surface area contributed by atoms with Crippen molar-refractivity contribution in [2.45, 2.75) is 35.8 Å². The van der Waals surface area contributed by atoms with Crippen LogP contribution in [0.25, 0.3) is 0 Å². The second kappa shape index (κ2) is 7.92. The third-order valence-electron chi connectivity index (χ3n) is 4.96. The van der Waals surface area contributed by atoms with Gasteiger partial charge in [0, 0.05) is 10.5 Å². The highest BCUT2D eigenvalue weighted by molar-refractivity contribution is 8.00. The van der Waals surface area contributed by atoms with Crippen LogP contribution in [0, 0.1) is 0 Å². The van der Waals surface area contributed by atoms with Crippen LogP contribution in [-0.4, -0.2) is 11.0 Å². The minimum atomic E-state index is -0.112. The molecule has 1 aliphatic rings. The summed E-state index contributed by atoms with van der Waals surface area (Å²) in [5.41, 5.74) is 4.93. The molecule has 1 unspecified atom stereocenters. The van der Waals surface area contributed by atoms with E-state index in [1.807, 2.05) is 48.5 Å². The molecular weight excluding hydrogens is 336 g/mol. The van der Waals surface area contributed by atoms with Gasteiger partial charge >= 0.3 is 0 Å². The Labute approximate surface area is 159 Å². The summed E-state index contributed by atoms with van der Waals surface area (Å²) in [4.78, 5) is 14.4. The third kappa shape index (κ3) is 3.91. The molecule has 0 saturated heterocycles. The molecule has 130 valence electrons. The largest absolute Gasteiger partial charge is 0.293 e. The number of benzene rings is 3. The van der Waals surface area contributed by atoms with Crippen molar-refractivity contribution in [2.24, 2.45) is 0 Å². The van der Waals surface area contributed by atoms with E-state index in [2.05, 4.69) is 30.3 Å². The van der Waals surface area contributed by atoms with Crippen LogP contribution >= 0.6 is 11.8 Å². The number of fused-ring (bicyclic) bond motifs is 1. The number of hydrogen-bond acceptors (Lipinski definition) is 2. The van der Waals surface area contributed by atoms with Crippen molar-refractivity contribution >= 4 is 17.5 Å². The van der Waals surface area contributed by atoms with Gasteiger partial charge in [0.05, 0.1) is 5.25 Å². The standard InChI is InChI=1S/C24H22OS/c25-24(20-10-5-2-6-11-20)23(16-18-8-3-1-4-9-18)26-22-15-14-19-12-7-13-21(19)17-22/h1-6,8-11,14-15,17,23H,7,12-13,16H2. The van der Waals surface area contributed by atoms with E-state index in [9.17, 15) is 4.79 Å². The summed E-state index contributed by atoms with van der Waals surface area (Å²) >= 11 is 1.70. The molecule has 0 aromatic heterocycles. The number of thioether (sulfide) groups is 1. The van der Waals surface area contributed by atoms with Crippen LogP contribution in [-0.2, 0) is 19.3 Å². The predicted molar refractivity (Wildman–Crippen MR) is 109 cm³/mol. The normalized spacial score (nSPS) is 14.0. The Morgan fingerprint density at radius 2 is 1.54 bits per heavy atom. The van der Waals surface area contributed by atoms with Gasteiger partial charge in [0.15, 0.2) is 5.78 Å². The van der Waals surface area contributed by atoms with Crippen LogP contribution in [0.4, 0.5) is 0 Å². The minimum Gasteiger partial charge on any atom is -0.293 e. The molecule has 3 aromatic rings. The van der Waals surface area contributed by atoms with Crippen LogP contribution in [0.15, 0.2) is 83.8 Å². The fourth-order valence-corrected chi connectivity index (χ4v) is 4.79. The molecule has 0 spiro atoms. The lowest BCUT2D eigenvalue weighted by molar-refractivity contribution is 0.0989. The Balaban J connectivity index is 1.60. The van der Waals surface area contributed by atoms with E-state index in [1.54, 1.807) is 11.8 Å². The monoisotopic (exact) mass is 358 g/mol. The molecule has 26 heavy (non-hydrogen) atoms. The van der Waals surface area contributed by atoms with E-state index in [-0.39, 0.29) is 11.0 Å². The lowest BCUT2D eigenvalue weighted by Gasteiger charge is -2.17. The van der Waals surface area contributed by atoms with Gasteiger partial charge in [-0.3, -0.25) is 4.79 Å². The lowest BCUT2D eigenvalue weighted by Crippen LogP contribution is -2.20. The summed E-state index contributed by atoms with van der Waals surface area (Å²) < 4.78 is 0. The van der Waals surface area contributed by atoms with Gasteiger partial charge < -0.3 is 0 Å². The molecule has 0 N–H and O–H groups in total. The Kier molecular flexibility index (Phi) is 5.21. The Morgan fingerprint density at radius 1 is 0.846 bits per heavy atom. The topological polar surface area (TPSA) is 17.1 Å². The zero-order valence-corrected chi connectivity index (χ0v) is 15.5. The number of aryl methyl sites for hydroxylation is 2. The average molecular weight is 359 g/mol. The van der Waals surface area contributed by atoms with Gasteiger partial charge in [0.1, 0.15) is 0 Å². The van der Waals surface area contributed by atoms with Crippen LogP contribution < -0.4 is 0 Å². The third-order valence-corrected chi connectivity index (χ3v) is 6.15. The van der Waals surface area contributed by atoms with E-state index in [1.165, 1.54) is 40.8 Å². The number of carbonyl (C=O) groups is 1. The first kappa shape index (κ1) is 17.1. The number of rotatable bonds is 6. The van der Waals surface area contributed by atoms with Crippen molar-refractivity contribution in [3.8, 4) is 0 Å². The fraction of sp³-hybridized carbons (Fsp3) is 0.208. The van der Waals surface area contributed by atoms with Crippen molar-refractivity contribution in [2.75, 3.05) is 0 Å². The van der Waals surface area contributed by atoms with Gasteiger partial charge in [0.2, 0.25) is 0 Å². The van der Waals surface area contributed by atoms with Gasteiger partial charge in [-0.05, 0) is 54.5 Å².